The molecule has 142 valence electrons. The van der Waals surface area contributed by atoms with Gasteiger partial charge in [-0.15, -0.1) is 0 Å². The first kappa shape index (κ1) is 18.5. The third kappa shape index (κ3) is 3.62. The molecule has 0 saturated heterocycles. The Morgan fingerprint density at radius 2 is 1.85 bits per heavy atom. The van der Waals surface area contributed by atoms with Crippen LogP contribution in [0.4, 0.5) is 11.4 Å². The van der Waals surface area contributed by atoms with Crippen molar-refractivity contribution >= 4 is 43.2 Å². The van der Waals surface area contributed by atoms with Gasteiger partial charge in [-0.1, -0.05) is 31.0 Å². The molecular weight excluding hydrogens is 428 g/mol. The molecular formula is C20H21BrN2O3S. The van der Waals surface area contributed by atoms with Crippen LogP contribution in [-0.4, -0.2) is 20.9 Å². The van der Waals surface area contributed by atoms with Crippen LogP contribution in [0.2, 0.25) is 0 Å². The normalized spacial score (nSPS) is 17.1. The summed E-state index contributed by atoms with van der Waals surface area (Å²) in [5.41, 5.74) is 2.39. The molecule has 1 amide bonds. The lowest BCUT2D eigenvalue weighted by molar-refractivity contribution is -0.122. The first-order valence-electron chi connectivity index (χ1n) is 9.17. The second-order valence-corrected chi connectivity index (χ2v) is 9.61. The number of benzene rings is 2. The number of halogens is 1. The minimum absolute atomic E-state index is 0.108. The molecule has 1 aliphatic carbocycles. The van der Waals surface area contributed by atoms with Gasteiger partial charge in [-0.05, 0) is 65.0 Å². The molecule has 27 heavy (non-hydrogen) atoms. The largest absolute Gasteiger partial charge is 0.312 e. The summed E-state index contributed by atoms with van der Waals surface area (Å²) in [4.78, 5) is 14.9. The zero-order chi connectivity index (χ0) is 19.0. The van der Waals surface area contributed by atoms with E-state index in [2.05, 4.69) is 20.7 Å². The summed E-state index contributed by atoms with van der Waals surface area (Å²) in [6.07, 6.45) is 4.95. The number of nitrogens with one attached hydrogen (secondary N) is 1. The minimum atomic E-state index is -3.72. The van der Waals surface area contributed by atoms with Crippen LogP contribution >= 0.6 is 15.9 Å². The number of carbonyl (C=O) groups is 1. The number of amides is 1. The standard InChI is InChI=1S/C20H21BrN2O3S/c21-17-7-3-4-8-19(17)27(25,26)22-16-10-9-14-11-12-23(18(14)13-16)20(24)15-5-1-2-6-15/h3-4,7-10,13,15,22H,1-2,5-6,11-12H2. The topological polar surface area (TPSA) is 66.5 Å². The fraction of sp³-hybridized carbons (Fsp3) is 0.350. The quantitative estimate of drug-likeness (QED) is 0.756. The maximum atomic E-state index is 12.9. The Morgan fingerprint density at radius 3 is 2.59 bits per heavy atom. The molecule has 0 unspecified atom stereocenters. The van der Waals surface area contributed by atoms with Crippen molar-refractivity contribution in [2.24, 2.45) is 5.92 Å². The number of anilines is 2. The molecule has 1 aliphatic heterocycles. The second kappa shape index (κ2) is 7.28. The summed E-state index contributed by atoms with van der Waals surface area (Å²) in [7, 11) is -3.72. The molecule has 7 heteroatoms. The van der Waals surface area contributed by atoms with Crippen molar-refractivity contribution in [2.45, 2.75) is 37.0 Å². The summed E-state index contributed by atoms with van der Waals surface area (Å²) in [5.74, 6) is 0.286. The summed E-state index contributed by atoms with van der Waals surface area (Å²) >= 11 is 3.29. The van der Waals surface area contributed by atoms with Crippen LogP contribution in [0.1, 0.15) is 31.2 Å². The number of fused-ring (bicyclic) bond motifs is 1. The molecule has 1 N–H and O–H groups in total. The molecule has 0 radical (unpaired) electrons. The minimum Gasteiger partial charge on any atom is -0.312 e. The van der Waals surface area contributed by atoms with Gasteiger partial charge in [-0.25, -0.2) is 8.42 Å². The predicted octanol–water partition coefficient (Wildman–Crippen LogP) is 4.33. The fourth-order valence-corrected chi connectivity index (χ4v) is 5.99. The smallest absolute Gasteiger partial charge is 0.263 e. The number of hydrogen-bond acceptors (Lipinski definition) is 3. The maximum Gasteiger partial charge on any atom is 0.263 e. The molecule has 2 aromatic carbocycles. The van der Waals surface area contributed by atoms with E-state index in [0.717, 1.165) is 43.4 Å². The van der Waals surface area contributed by atoms with E-state index in [9.17, 15) is 13.2 Å². The van der Waals surface area contributed by atoms with Crippen LogP contribution in [0, 0.1) is 5.92 Å². The van der Waals surface area contributed by atoms with Gasteiger partial charge < -0.3 is 4.90 Å². The Bertz CT molecular complexity index is 984. The van der Waals surface area contributed by atoms with Crippen molar-refractivity contribution in [1.29, 1.82) is 0 Å². The van der Waals surface area contributed by atoms with E-state index in [4.69, 9.17) is 0 Å². The van der Waals surface area contributed by atoms with Crippen molar-refractivity contribution in [2.75, 3.05) is 16.2 Å². The third-order valence-corrected chi connectivity index (χ3v) is 7.72. The van der Waals surface area contributed by atoms with Crippen LogP contribution in [0.3, 0.4) is 0 Å². The number of nitrogens with zero attached hydrogens (tertiary/aromatic N) is 1. The van der Waals surface area contributed by atoms with Gasteiger partial charge in [0.25, 0.3) is 10.0 Å². The number of sulfonamides is 1. The van der Waals surface area contributed by atoms with Crippen molar-refractivity contribution in [3.63, 3.8) is 0 Å². The van der Waals surface area contributed by atoms with Gasteiger partial charge in [0, 0.05) is 22.6 Å². The summed E-state index contributed by atoms with van der Waals surface area (Å²) in [6, 6.07) is 12.2. The Hall–Kier alpha value is -1.86. The second-order valence-electron chi connectivity index (χ2n) is 7.10. The van der Waals surface area contributed by atoms with Gasteiger partial charge in [0.2, 0.25) is 5.91 Å². The van der Waals surface area contributed by atoms with Crippen molar-refractivity contribution in [3.8, 4) is 0 Å². The average Bonchev–Trinajstić information content (AvgIpc) is 3.31. The Balaban J connectivity index is 1.60. The summed E-state index contributed by atoms with van der Waals surface area (Å²) < 4.78 is 28.6. The van der Waals surface area contributed by atoms with Crippen molar-refractivity contribution < 1.29 is 13.2 Å². The molecule has 0 bridgehead atoms. The maximum absolute atomic E-state index is 12.9. The highest BCUT2D eigenvalue weighted by Gasteiger charge is 2.32. The number of carbonyl (C=O) groups excluding carboxylic acids is 1. The number of rotatable bonds is 4. The lowest BCUT2D eigenvalue weighted by atomic mass is 10.1. The van der Waals surface area contributed by atoms with Crippen LogP contribution in [0.15, 0.2) is 51.8 Å². The fourth-order valence-electron chi connectivity index (χ4n) is 3.94. The van der Waals surface area contributed by atoms with E-state index in [0.29, 0.717) is 16.7 Å². The van der Waals surface area contributed by atoms with Crippen LogP contribution in [-0.2, 0) is 21.2 Å². The SMILES string of the molecule is O=C(C1CCCC1)N1CCc2ccc(NS(=O)(=O)c3ccccc3Br)cc21. The first-order valence-corrected chi connectivity index (χ1v) is 11.4. The molecule has 1 saturated carbocycles. The highest BCUT2D eigenvalue weighted by molar-refractivity contribution is 9.10. The lowest BCUT2D eigenvalue weighted by Gasteiger charge is -2.22. The Labute approximate surface area is 167 Å². The van der Waals surface area contributed by atoms with Gasteiger partial charge in [-0.2, -0.15) is 0 Å². The van der Waals surface area contributed by atoms with Gasteiger partial charge in [-0.3, -0.25) is 9.52 Å². The summed E-state index contributed by atoms with van der Waals surface area (Å²) in [6.45, 7) is 0.672. The zero-order valence-electron chi connectivity index (χ0n) is 14.8. The summed E-state index contributed by atoms with van der Waals surface area (Å²) in [5, 5.41) is 0. The van der Waals surface area contributed by atoms with Gasteiger partial charge in [0.1, 0.15) is 4.90 Å². The molecule has 0 spiro atoms. The average molecular weight is 449 g/mol. The monoisotopic (exact) mass is 448 g/mol. The van der Waals surface area contributed by atoms with E-state index in [-0.39, 0.29) is 16.7 Å². The highest BCUT2D eigenvalue weighted by Crippen LogP contribution is 2.35. The van der Waals surface area contributed by atoms with E-state index in [1.54, 1.807) is 36.4 Å². The van der Waals surface area contributed by atoms with Crippen LogP contribution in [0.5, 0.6) is 0 Å². The van der Waals surface area contributed by atoms with Gasteiger partial charge in [0.15, 0.2) is 0 Å². The van der Waals surface area contributed by atoms with E-state index < -0.39 is 10.0 Å². The molecule has 1 fully saturated rings. The van der Waals surface area contributed by atoms with Crippen LogP contribution < -0.4 is 9.62 Å². The van der Waals surface area contributed by atoms with E-state index >= 15 is 0 Å². The van der Waals surface area contributed by atoms with E-state index in [1.165, 1.54) is 0 Å². The molecule has 0 aromatic heterocycles. The molecule has 5 nitrogen and oxygen atoms in total. The zero-order valence-corrected chi connectivity index (χ0v) is 17.2. The highest BCUT2D eigenvalue weighted by atomic mass is 79.9. The molecule has 1 heterocycles. The predicted molar refractivity (Wildman–Crippen MR) is 109 cm³/mol. The van der Waals surface area contributed by atoms with Crippen molar-refractivity contribution in [1.82, 2.24) is 0 Å². The molecule has 2 aliphatic rings. The van der Waals surface area contributed by atoms with E-state index in [1.807, 2.05) is 11.0 Å². The number of hydrogen-bond donors (Lipinski definition) is 1. The molecule has 0 atom stereocenters. The van der Waals surface area contributed by atoms with Crippen molar-refractivity contribution in [3.05, 3.63) is 52.5 Å². The van der Waals surface area contributed by atoms with Crippen LogP contribution in [0.25, 0.3) is 0 Å². The Kier molecular flexibility index (Phi) is 4.99. The molecule has 2 aromatic rings. The lowest BCUT2D eigenvalue weighted by Crippen LogP contribution is -2.33. The Morgan fingerprint density at radius 1 is 1.11 bits per heavy atom. The third-order valence-electron chi connectivity index (χ3n) is 5.33. The van der Waals surface area contributed by atoms with Gasteiger partial charge in [0.05, 0.1) is 5.69 Å². The first-order chi connectivity index (χ1) is 13.0. The molecule has 4 rings (SSSR count). The van der Waals surface area contributed by atoms with Gasteiger partial charge >= 0.3 is 0 Å².